The number of carboxylic acid groups (broad SMARTS) is 1. The van der Waals surface area contributed by atoms with Gasteiger partial charge >= 0.3 is 5.97 Å². The molecule has 2 nitrogen and oxygen atoms in total. The quantitative estimate of drug-likeness (QED) is 0.799. The van der Waals surface area contributed by atoms with Crippen LogP contribution < -0.4 is 0 Å². The lowest BCUT2D eigenvalue weighted by Gasteiger charge is -2.28. The summed E-state index contributed by atoms with van der Waals surface area (Å²) in [5, 5.41) is 9.20. The largest absolute Gasteiger partial charge is 0.478 e. The van der Waals surface area contributed by atoms with E-state index >= 15 is 0 Å². The summed E-state index contributed by atoms with van der Waals surface area (Å²) >= 11 is 0. The van der Waals surface area contributed by atoms with E-state index in [2.05, 4.69) is 6.92 Å². The SMILES string of the molecule is CCCC1CCC(CCc2ccccc2C(=O)O)CC1. The molecule has 0 atom stereocenters. The third-order valence-electron chi connectivity index (χ3n) is 4.73. The molecule has 2 heteroatoms. The van der Waals surface area contributed by atoms with Gasteiger partial charge < -0.3 is 5.11 Å². The maximum Gasteiger partial charge on any atom is 0.335 e. The number of benzene rings is 1. The molecule has 1 aromatic carbocycles. The molecule has 0 amide bonds. The maximum absolute atomic E-state index is 11.2. The molecule has 2 rings (SSSR count). The monoisotopic (exact) mass is 274 g/mol. The van der Waals surface area contributed by atoms with Gasteiger partial charge in [-0.05, 0) is 36.3 Å². The van der Waals surface area contributed by atoms with Gasteiger partial charge in [-0.2, -0.15) is 0 Å². The van der Waals surface area contributed by atoms with E-state index in [4.69, 9.17) is 0 Å². The highest BCUT2D eigenvalue weighted by Crippen LogP contribution is 2.34. The Hall–Kier alpha value is -1.31. The molecule has 20 heavy (non-hydrogen) atoms. The van der Waals surface area contributed by atoms with Crippen LogP contribution in [0.4, 0.5) is 0 Å². The van der Waals surface area contributed by atoms with Crippen molar-refractivity contribution in [3.63, 3.8) is 0 Å². The standard InChI is InChI=1S/C18H26O2/c1-2-5-14-8-10-15(11-9-14)12-13-16-6-3-4-7-17(16)18(19)20/h3-4,6-7,14-15H,2,5,8-13H2,1H3,(H,19,20). The van der Waals surface area contributed by atoms with Crippen LogP contribution in [0.5, 0.6) is 0 Å². The van der Waals surface area contributed by atoms with Crippen LogP contribution in [0.25, 0.3) is 0 Å². The van der Waals surface area contributed by atoms with E-state index in [9.17, 15) is 9.90 Å². The predicted octanol–water partition coefficient (Wildman–Crippen LogP) is 4.92. The molecule has 110 valence electrons. The second-order valence-corrected chi connectivity index (χ2v) is 6.18. The lowest BCUT2D eigenvalue weighted by molar-refractivity contribution is 0.0695. The highest BCUT2D eigenvalue weighted by atomic mass is 16.4. The lowest BCUT2D eigenvalue weighted by atomic mass is 9.78. The minimum absolute atomic E-state index is 0.479. The van der Waals surface area contributed by atoms with E-state index in [1.807, 2.05) is 18.2 Å². The zero-order valence-electron chi connectivity index (χ0n) is 12.5. The minimum atomic E-state index is -0.799. The normalized spacial score (nSPS) is 22.6. The van der Waals surface area contributed by atoms with Crippen molar-refractivity contribution >= 4 is 5.97 Å². The fourth-order valence-electron chi connectivity index (χ4n) is 3.52. The number of rotatable bonds is 6. The van der Waals surface area contributed by atoms with E-state index in [0.29, 0.717) is 5.56 Å². The molecule has 0 heterocycles. The Balaban J connectivity index is 1.83. The highest BCUT2D eigenvalue weighted by molar-refractivity contribution is 5.89. The van der Waals surface area contributed by atoms with E-state index in [0.717, 1.165) is 30.2 Å². The van der Waals surface area contributed by atoms with Gasteiger partial charge in [-0.25, -0.2) is 4.79 Å². The number of hydrogen-bond acceptors (Lipinski definition) is 1. The zero-order valence-corrected chi connectivity index (χ0v) is 12.5. The van der Waals surface area contributed by atoms with Crippen LogP contribution in [-0.4, -0.2) is 11.1 Å². The van der Waals surface area contributed by atoms with Gasteiger partial charge in [0.25, 0.3) is 0 Å². The van der Waals surface area contributed by atoms with Crippen molar-refractivity contribution in [3.8, 4) is 0 Å². The van der Waals surface area contributed by atoms with E-state index in [-0.39, 0.29) is 0 Å². The highest BCUT2D eigenvalue weighted by Gasteiger charge is 2.20. The molecule has 0 radical (unpaired) electrons. The molecule has 0 unspecified atom stereocenters. The zero-order chi connectivity index (χ0) is 14.4. The smallest absolute Gasteiger partial charge is 0.335 e. The first kappa shape index (κ1) is 15.1. The average Bonchev–Trinajstić information content (AvgIpc) is 2.47. The third kappa shape index (κ3) is 4.09. The van der Waals surface area contributed by atoms with Crippen molar-refractivity contribution in [2.45, 2.75) is 58.3 Å². The second-order valence-electron chi connectivity index (χ2n) is 6.18. The molecule has 0 bridgehead atoms. The van der Waals surface area contributed by atoms with Gasteiger partial charge in [0.2, 0.25) is 0 Å². The molecule has 1 saturated carbocycles. The predicted molar refractivity (Wildman–Crippen MR) is 82.1 cm³/mol. The van der Waals surface area contributed by atoms with Crippen LogP contribution in [-0.2, 0) is 6.42 Å². The summed E-state index contributed by atoms with van der Waals surface area (Å²) < 4.78 is 0. The number of carboxylic acids is 1. The number of carbonyl (C=O) groups is 1. The topological polar surface area (TPSA) is 37.3 Å². The second kappa shape index (κ2) is 7.47. The molecule has 0 spiro atoms. The van der Waals surface area contributed by atoms with Crippen molar-refractivity contribution in [3.05, 3.63) is 35.4 Å². The first-order valence-corrected chi connectivity index (χ1v) is 8.02. The summed E-state index contributed by atoms with van der Waals surface area (Å²) in [6.07, 6.45) is 10.2. The molecule has 0 aliphatic heterocycles. The Bertz CT molecular complexity index is 431. The summed E-state index contributed by atoms with van der Waals surface area (Å²) in [6.45, 7) is 2.27. The molecular weight excluding hydrogens is 248 g/mol. The van der Waals surface area contributed by atoms with Gasteiger partial charge in [0, 0.05) is 0 Å². The van der Waals surface area contributed by atoms with E-state index in [1.165, 1.54) is 38.5 Å². The van der Waals surface area contributed by atoms with Gasteiger partial charge in [0.15, 0.2) is 0 Å². The van der Waals surface area contributed by atoms with Crippen molar-refractivity contribution in [2.75, 3.05) is 0 Å². The number of aryl methyl sites for hydroxylation is 1. The van der Waals surface area contributed by atoms with Gasteiger partial charge in [-0.1, -0.05) is 63.6 Å². The number of hydrogen-bond donors (Lipinski definition) is 1. The van der Waals surface area contributed by atoms with E-state index in [1.54, 1.807) is 6.07 Å². The average molecular weight is 274 g/mol. The maximum atomic E-state index is 11.2. The van der Waals surface area contributed by atoms with Crippen LogP contribution >= 0.6 is 0 Å². The third-order valence-corrected chi connectivity index (χ3v) is 4.73. The van der Waals surface area contributed by atoms with E-state index < -0.39 is 5.97 Å². The van der Waals surface area contributed by atoms with Gasteiger partial charge in [0.1, 0.15) is 0 Å². The fraction of sp³-hybridized carbons (Fsp3) is 0.611. The molecule has 0 aromatic heterocycles. The van der Waals surface area contributed by atoms with Gasteiger partial charge in [0.05, 0.1) is 5.56 Å². The molecule has 1 aliphatic rings. The van der Waals surface area contributed by atoms with Crippen LogP contribution in [0, 0.1) is 11.8 Å². The Morgan fingerprint density at radius 2 is 1.70 bits per heavy atom. The fourth-order valence-corrected chi connectivity index (χ4v) is 3.52. The molecule has 1 N–H and O–H groups in total. The summed E-state index contributed by atoms with van der Waals surface area (Å²) in [7, 11) is 0. The van der Waals surface area contributed by atoms with Crippen molar-refractivity contribution in [2.24, 2.45) is 11.8 Å². The summed E-state index contributed by atoms with van der Waals surface area (Å²) in [4.78, 5) is 11.2. The van der Waals surface area contributed by atoms with Crippen LogP contribution in [0.15, 0.2) is 24.3 Å². The molecule has 0 saturated heterocycles. The number of aromatic carboxylic acids is 1. The summed E-state index contributed by atoms with van der Waals surface area (Å²) in [5.41, 5.74) is 1.47. The Morgan fingerprint density at radius 1 is 1.10 bits per heavy atom. The minimum Gasteiger partial charge on any atom is -0.478 e. The van der Waals surface area contributed by atoms with Crippen LogP contribution in [0.3, 0.4) is 0 Å². The molecular formula is C18H26O2. The van der Waals surface area contributed by atoms with Crippen molar-refractivity contribution < 1.29 is 9.90 Å². The molecule has 1 aliphatic carbocycles. The first-order chi connectivity index (χ1) is 9.70. The first-order valence-electron chi connectivity index (χ1n) is 8.02. The van der Waals surface area contributed by atoms with Crippen LogP contribution in [0.1, 0.15) is 67.8 Å². The van der Waals surface area contributed by atoms with Crippen LogP contribution in [0.2, 0.25) is 0 Å². The summed E-state index contributed by atoms with van der Waals surface area (Å²) in [6, 6.07) is 7.44. The molecule has 1 aromatic rings. The van der Waals surface area contributed by atoms with Gasteiger partial charge in [-0.15, -0.1) is 0 Å². The van der Waals surface area contributed by atoms with Crippen molar-refractivity contribution in [1.82, 2.24) is 0 Å². The summed E-state index contributed by atoms with van der Waals surface area (Å²) in [5.74, 6) is 0.944. The lowest BCUT2D eigenvalue weighted by Crippen LogP contribution is -2.15. The van der Waals surface area contributed by atoms with Gasteiger partial charge in [-0.3, -0.25) is 0 Å². The Labute approximate surface area is 122 Å². The van der Waals surface area contributed by atoms with Crippen molar-refractivity contribution in [1.29, 1.82) is 0 Å². The Kier molecular flexibility index (Phi) is 5.63. The molecule has 1 fully saturated rings. The Morgan fingerprint density at radius 3 is 2.30 bits per heavy atom.